The Bertz CT molecular complexity index is 805. The lowest BCUT2D eigenvalue weighted by Crippen LogP contribution is -2.60. The first-order chi connectivity index (χ1) is 11.8. The minimum atomic E-state index is -2.76. The Labute approximate surface area is 144 Å². The molecule has 1 fully saturated rings. The molecule has 0 radical (unpaired) electrons. The molecule has 0 spiro atoms. The molecule has 0 bridgehead atoms. The molecule has 4 rings (SSSR count). The fraction of sp³-hybridized carbons (Fsp3) is 0.529. The van der Waals surface area contributed by atoms with Crippen molar-refractivity contribution in [2.75, 3.05) is 19.6 Å². The van der Waals surface area contributed by atoms with Crippen LogP contribution in [-0.2, 0) is 24.9 Å². The van der Waals surface area contributed by atoms with Crippen LogP contribution in [-0.4, -0.2) is 50.8 Å². The second kappa shape index (κ2) is 5.66. The summed E-state index contributed by atoms with van der Waals surface area (Å²) in [7, 11) is 1.84. The number of furan rings is 1. The summed E-state index contributed by atoms with van der Waals surface area (Å²) in [4.78, 5) is 20.5. The summed E-state index contributed by atoms with van der Waals surface area (Å²) >= 11 is 0. The molecule has 2 aromatic heterocycles. The van der Waals surface area contributed by atoms with Gasteiger partial charge in [0.1, 0.15) is 11.5 Å². The number of hydrogen-bond acceptors (Lipinski definition) is 4. The van der Waals surface area contributed by atoms with E-state index in [0.29, 0.717) is 19.6 Å². The third-order valence-corrected chi connectivity index (χ3v) is 4.84. The largest absolute Gasteiger partial charge is 0.465 e. The molecular weight excluding hydrogens is 330 g/mol. The molecule has 2 aliphatic heterocycles. The number of carbonyl (C=O) groups excluding carboxylic acids is 1. The van der Waals surface area contributed by atoms with E-state index >= 15 is 0 Å². The van der Waals surface area contributed by atoms with E-state index in [4.69, 9.17) is 4.42 Å². The summed E-state index contributed by atoms with van der Waals surface area (Å²) in [5.41, 5.74) is 1.65. The van der Waals surface area contributed by atoms with Crippen LogP contribution in [0.4, 0.5) is 8.78 Å². The quantitative estimate of drug-likeness (QED) is 0.848. The zero-order valence-electron chi connectivity index (χ0n) is 14.2. The second-order valence-electron chi connectivity index (χ2n) is 6.97. The zero-order valence-corrected chi connectivity index (χ0v) is 14.2. The Hall–Kier alpha value is -2.22. The van der Waals surface area contributed by atoms with Gasteiger partial charge in [-0.1, -0.05) is 0 Å². The number of alkyl halides is 2. The second-order valence-corrected chi connectivity index (χ2v) is 6.97. The summed E-state index contributed by atoms with van der Waals surface area (Å²) in [6, 6.07) is 3.81. The molecule has 1 unspecified atom stereocenters. The van der Waals surface area contributed by atoms with Gasteiger partial charge in [-0.3, -0.25) is 9.69 Å². The van der Waals surface area contributed by atoms with Crippen LogP contribution in [0.2, 0.25) is 0 Å². The maximum atomic E-state index is 13.2. The number of nitrogens with zero attached hydrogens (tertiary/aromatic N) is 4. The molecule has 6 nitrogen and oxygen atoms in total. The van der Waals surface area contributed by atoms with Gasteiger partial charge in [-0.05, 0) is 19.1 Å². The molecule has 2 aromatic rings. The highest BCUT2D eigenvalue weighted by atomic mass is 19.3. The van der Waals surface area contributed by atoms with Gasteiger partial charge >= 0.3 is 0 Å². The van der Waals surface area contributed by atoms with E-state index in [1.807, 2.05) is 30.7 Å². The number of imidazole rings is 1. The highest BCUT2D eigenvalue weighted by molar-refractivity contribution is 5.85. The minimum Gasteiger partial charge on any atom is -0.465 e. The van der Waals surface area contributed by atoms with Crippen molar-refractivity contribution in [3.63, 3.8) is 0 Å². The van der Waals surface area contributed by atoms with E-state index in [1.54, 1.807) is 6.33 Å². The molecule has 0 N–H and O–H groups in total. The van der Waals surface area contributed by atoms with Gasteiger partial charge in [0, 0.05) is 20.1 Å². The number of halogens is 2. The first-order valence-electron chi connectivity index (χ1n) is 8.27. The number of amides is 1. The Morgan fingerprint density at radius 1 is 1.40 bits per heavy atom. The van der Waals surface area contributed by atoms with Crippen molar-refractivity contribution < 1.29 is 18.0 Å². The van der Waals surface area contributed by atoms with E-state index in [9.17, 15) is 13.6 Å². The van der Waals surface area contributed by atoms with Crippen LogP contribution in [0, 0.1) is 6.92 Å². The van der Waals surface area contributed by atoms with Crippen molar-refractivity contribution in [2.45, 2.75) is 31.9 Å². The van der Waals surface area contributed by atoms with Gasteiger partial charge in [0.05, 0.1) is 43.3 Å². The molecule has 8 heteroatoms. The number of aryl methyl sites for hydroxylation is 2. The first-order valence-corrected chi connectivity index (χ1v) is 8.27. The monoisotopic (exact) mass is 350 g/mol. The van der Waals surface area contributed by atoms with Crippen LogP contribution in [0.3, 0.4) is 0 Å². The lowest BCUT2D eigenvalue weighted by Gasteiger charge is -2.42. The predicted octanol–water partition coefficient (Wildman–Crippen LogP) is 1.90. The Balaban J connectivity index is 1.56. The van der Waals surface area contributed by atoms with Crippen LogP contribution < -0.4 is 0 Å². The van der Waals surface area contributed by atoms with Gasteiger partial charge in [-0.25, -0.2) is 13.8 Å². The van der Waals surface area contributed by atoms with Gasteiger partial charge in [0.25, 0.3) is 5.92 Å². The number of hydrogen-bond donors (Lipinski definition) is 0. The van der Waals surface area contributed by atoms with Crippen LogP contribution >= 0.6 is 0 Å². The lowest BCUT2D eigenvalue weighted by molar-refractivity contribution is -0.168. The average Bonchev–Trinajstić information content (AvgIpc) is 3.10. The van der Waals surface area contributed by atoms with Crippen molar-refractivity contribution in [3.8, 4) is 0 Å². The maximum Gasteiger partial charge on any atom is 0.282 e. The van der Waals surface area contributed by atoms with Gasteiger partial charge in [-0.15, -0.1) is 0 Å². The average molecular weight is 350 g/mol. The van der Waals surface area contributed by atoms with Gasteiger partial charge in [0.2, 0.25) is 5.91 Å². The SMILES string of the molecule is Cc1ccc(CN2Cc3ncn(C)c3C(C(=O)N3CC(F)(F)C3)C2)o1. The van der Waals surface area contributed by atoms with E-state index in [-0.39, 0.29) is 5.91 Å². The minimum absolute atomic E-state index is 0.254. The van der Waals surface area contributed by atoms with Gasteiger partial charge < -0.3 is 13.9 Å². The molecule has 134 valence electrons. The van der Waals surface area contributed by atoms with E-state index in [0.717, 1.165) is 22.9 Å². The number of aromatic nitrogens is 2. The number of likely N-dealkylation sites (tertiary alicyclic amines) is 1. The molecule has 1 atom stereocenters. The van der Waals surface area contributed by atoms with Crippen LogP contribution in [0.25, 0.3) is 0 Å². The van der Waals surface area contributed by atoms with Crippen molar-refractivity contribution in [1.82, 2.24) is 19.4 Å². The van der Waals surface area contributed by atoms with Crippen molar-refractivity contribution >= 4 is 5.91 Å². The van der Waals surface area contributed by atoms with Crippen molar-refractivity contribution in [1.29, 1.82) is 0 Å². The third kappa shape index (κ3) is 2.95. The standard InChI is InChI=1S/C17H20F2N4O2/c1-11-3-4-12(25-11)5-22-6-13(15-14(7-22)20-10-21(15)2)16(24)23-8-17(18,19)9-23/h3-4,10,13H,5-9H2,1-2H3. The number of carbonyl (C=O) groups is 1. The van der Waals surface area contributed by atoms with Crippen molar-refractivity contribution in [3.05, 3.63) is 41.4 Å². The number of fused-ring (bicyclic) bond motifs is 1. The van der Waals surface area contributed by atoms with E-state index in [2.05, 4.69) is 9.88 Å². The van der Waals surface area contributed by atoms with Gasteiger partial charge in [0.15, 0.2) is 0 Å². The molecule has 2 aliphatic rings. The Morgan fingerprint density at radius 3 is 2.80 bits per heavy atom. The zero-order chi connectivity index (χ0) is 17.8. The normalized spacial score (nSPS) is 22.6. The highest BCUT2D eigenvalue weighted by Crippen LogP contribution is 2.34. The van der Waals surface area contributed by atoms with Crippen molar-refractivity contribution in [2.24, 2.45) is 7.05 Å². The molecule has 0 aliphatic carbocycles. The maximum absolute atomic E-state index is 13.2. The fourth-order valence-electron chi connectivity index (χ4n) is 3.67. The fourth-order valence-corrected chi connectivity index (χ4v) is 3.67. The molecule has 0 saturated carbocycles. The predicted molar refractivity (Wildman–Crippen MR) is 85.0 cm³/mol. The summed E-state index contributed by atoms with van der Waals surface area (Å²) in [6.45, 7) is 2.53. The summed E-state index contributed by atoms with van der Waals surface area (Å²) in [6.07, 6.45) is 1.68. The molecule has 0 aromatic carbocycles. The highest BCUT2D eigenvalue weighted by Gasteiger charge is 2.49. The molecule has 25 heavy (non-hydrogen) atoms. The summed E-state index contributed by atoms with van der Waals surface area (Å²) in [5.74, 6) is -1.84. The summed E-state index contributed by atoms with van der Waals surface area (Å²) < 4.78 is 33.8. The topological polar surface area (TPSA) is 54.5 Å². The summed E-state index contributed by atoms with van der Waals surface area (Å²) in [5, 5.41) is 0. The first kappa shape index (κ1) is 16.3. The van der Waals surface area contributed by atoms with E-state index in [1.165, 1.54) is 4.90 Å². The smallest absolute Gasteiger partial charge is 0.282 e. The Kier molecular flexibility index (Phi) is 3.68. The molecular formula is C17H20F2N4O2. The van der Waals surface area contributed by atoms with Crippen LogP contribution in [0.1, 0.15) is 28.8 Å². The van der Waals surface area contributed by atoms with Crippen LogP contribution in [0.5, 0.6) is 0 Å². The lowest BCUT2D eigenvalue weighted by atomic mass is 9.94. The third-order valence-electron chi connectivity index (χ3n) is 4.84. The molecule has 1 saturated heterocycles. The van der Waals surface area contributed by atoms with E-state index < -0.39 is 24.9 Å². The van der Waals surface area contributed by atoms with Gasteiger partial charge in [-0.2, -0.15) is 0 Å². The molecule has 1 amide bonds. The Morgan fingerprint density at radius 2 is 2.16 bits per heavy atom. The van der Waals surface area contributed by atoms with Crippen LogP contribution in [0.15, 0.2) is 22.9 Å². The number of rotatable bonds is 3. The molecule has 4 heterocycles.